The fraction of sp³-hybridized carbons (Fsp3) is 0.158. The molecule has 3 aromatic rings. The van der Waals surface area contributed by atoms with Gasteiger partial charge in [-0.05, 0) is 36.1 Å². The number of halogens is 3. The Labute approximate surface area is 164 Å². The molecular weight excluding hydrogens is 392 g/mol. The molecule has 0 spiro atoms. The number of anilines is 1. The van der Waals surface area contributed by atoms with Crippen LogP contribution in [0.15, 0.2) is 36.5 Å². The molecule has 1 aromatic carbocycles. The first-order valence-corrected chi connectivity index (χ1v) is 9.65. The van der Waals surface area contributed by atoms with Crippen LogP contribution in [0.5, 0.6) is 5.75 Å². The van der Waals surface area contributed by atoms with Gasteiger partial charge in [0.1, 0.15) is 28.4 Å². The van der Waals surface area contributed by atoms with Crippen molar-refractivity contribution in [3.63, 3.8) is 0 Å². The van der Waals surface area contributed by atoms with Crippen molar-refractivity contribution in [1.29, 1.82) is 0 Å². The quantitative estimate of drug-likeness (QED) is 0.589. The molecule has 0 saturated carbocycles. The van der Waals surface area contributed by atoms with E-state index in [0.717, 1.165) is 11.8 Å². The van der Waals surface area contributed by atoms with E-state index >= 15 is 0 Å². The van der Waals surface area contributed by atoms with Crippen LogP contribution in [0.4, 0.5) is 14.6 Å². The van der Waals surface area contributed by atoms with Crippen molar-refractivity contribution in [2.75, 3.05) is 19.1 Å². The van der Waals surface area contributed by atoms with E-state index in [0.29, 0.717) is 17.0 Å². The summed E-state index contributed by atoms with van der Waals surface area (Å²) in [5.41, 5.74) is 8.13. The monoisotopic (exact) mass is 407 g/mol. The third-order valence-corrected chi connectivity index (χ3v) is 4.73. The van der Waals surface area contributed by atoms with Crippen LogP contribution in [0.25, 0.3) is 22.4 Å². The second kappa shape index (κ2) is 8.10. The molecule has 0 radical (unpaired) electrons. The maximum atomic E-state index is 14.8. The van der Waals surface area contributed by atoms with Crippen molar-refractivity contribution in [2.24, 2.45) is 0 Å². The average molecular weight is 408 g/mol. The van der Waals surface area contributed by atoms with Crippen molar-refractivity contribution < 1.29 is 13.5 Å². The van der Waals surface area contributed by atoms with Gasteiger partial charge >= 0.3 is 0 Å². The molecule has 140 valence electrons. The predicted octanol–water partition coefficient (Wildman–Crippen LogP) is 5.20. The Kier molecular flexibility index (Phi) is 5.82. The lowest BCUT2D eigenvalue weighted by Crippen LogP contribution is -2.03. The summed E-state index contributed by atoms with van der Waals surface area (Å²) in [7, 11) is 1.38. The average Bonchev–Trinajstić information content (AvgIpc) is 2.63. The summed E-state index contributed by atoms with van der Waals surface area (Å²) in [6.45, 7) is 0. The Morgan fingerprint density at radius 3 is 2.67 bits per heavy atom. The van der Waals surface area contributed by atoms with Crippen LogP contribution in [-0.2, 0) is 5.75 Å². The number of benzene rings is 1. The zero-order chi connectivity index (χ0) is 19.6. The minimum absolute atomic E-state index is 0.0858. The zero-order valence-electron chi connectivity index (χ0n) is 14.6. The van der Waals surface area contributed by atoms with Crippen molar-refractivity contribution in [3.05, 3.63) is 58.9 Å². The molecule has 4 nitrogen and oxygen atoms in total. The summed E-state index contributed by atoms with van der Waals surface area (Å²) >= 11 is 7.77. The SMILES string of the molecule is COc1cc(F)ccc1-c1c(F)cnc(N)c1-c1cc(CSC)cc(Cl)n1. The van der Waals surface area contributed by atoms with E-state index in [1.807, 2.05) is 6.26 Å². The lowest BCUT2D eigenvalue weighted by molar-refractivity contribution is 0.412. The maximum Gasteiger partial charge on any atom is 0.150 e. The molecule has 2 N–H and O–H groups in total. The minimum Gasteiger partial charge on any atom is -0.496 e. The molecule has 0 atom stereocenters. The number of thioether (sulfide) groups is 1. The number of hydrogen-bond donors (Lipinski definition) is 1. The second-order valence-corrected chi connectivity index (χ2v) is 6.96. The zero-order valence-corrected chi connectivity index (χ0v) is 16.2. The first-order chi connectivity index (χ1) is 12.9. The molecule has 0 bridgehead atoms. The van der Waals surface area contributed by atoms with Crippen LogP contribution in [0.1, 0.15) is 5.56 Å². The molecular formula is C19H16ClF2N3OS. The van der Waals surface area contributed by atoms with Gasteiger partial charge in [0.05, 0.1) is 24.6 Å². The van der Waals surface area contributed by atoms with Gasteiger partial charge < -0.3 is 10.5 Å². The van der Waals surface area contributed by atoms with E-state index in [1.54, 1.807) is 23.9 Å². The van der Waals surface area contributed by atoms with Gasteiger partial charge in [-0.1, -0.05) is 11.6 Å². The fourth-order valence-electron chi connectivity index (χ4n) is 2.82. The molecule has 2 aromatic heterocycles. The molecule has 8 heteroatoms. The molecule has 0 saturated heterocycles. The van der Waals surface area contributed by atoms with E-state index in [1.165, 1.54) is 25.3 Å². The Hall–Kier alpha value is -2.38. The largest absolute Gasteiger partial charge is 0.496 e. The van der Waals surface area contributed by atoms with Crippen LogP contribution < -0.4 is 10.5 Å². The van der Waals surface area contributed by atoms with Gasteiger partial charge in [-0.2, -0.15) is 11.8 Å². The molecule has 0 fully saturated rings. The van der Waals surface area contributed by atoms with Gasteiger partial charge in [0.25, 0.3) is 0 Å². The summed E-state index contributed by atoms with van der Waals surface area (Å²) in [6.07, 6.45) is 2.98. The van der Waals surface area contributed by atoms with E-state index in [-0.39, 0.29) is 27.8 Å². The molecule has 0 unspecified atom stereocenters. The molecule has 2 heterocycles. The molecule has 3 rings (SSSR count). The van der Waals surface area contributed by atoms with Crippen LogP contribution in [0.2, 0.25) is 5.15 Å². The number of rotatable bonds is 5. The molecule has 0 amide bonds. The van der Waals surface area contributed by atoms with Gasteiger partial charge in [0.15, 0.2) is 0 Å². The summed E-state index contributed by atoms with van der Waals surface area (Å²) in [5, 5.41) is 0.261. The Morgan fingerprint density at radius 1 is 1.19 bits per heavy atom. The number of nitrogen functional groups attached to an aromatic ring is 1. The number of methoxy groups -OCH3 is 1. The van der Waals surface area contributed by atoms with Crippen molar-refractivity contribution >= 4 is 29.2 Å². The van der Waals surface area contributed by atoms with Crippen molar-refractivity contribution in [3.8, 4) is 28.1 Å². The number of nitrogens with zero attached hydrogens (tertiary/aromatic N) is 2. The van der Waals surface area contributed by atoms with Gasteiger partial charge in [0.2, 0.25) is 0 Å². The summed E-state index contributed by atoms with van der Waals surface area (Å²) in [6, 6.07) is 7.36. The van der Waals surface area contributed by atoms with Crippen LogP contribution in [0, 0.1) is 11.6 Å². The van der Waals surface area contributed by atoms with Crippen LogP contribution in [-0.4, -0.2) is 23.3 Å². The smallest absolute Gasteiger partial charge is 0.150 e. The fourth-order valence-corrected chi connectivity index (χ4v) is 3.56. The lowest BCUT2D eigenvalue weighted by Gasteiger charge is -2.16. The lowest BCUT2D eigenvalue weighted by atomic mass is 9.96. The number of pyridine rings is 2. The first-order valence-electron chi connectivity index (χ1n) is 7.88. The molecule has 0 aliphatic heterocycles. The number of nitrogens with two attached hydrogens (primary N) is 1. The third-order valence-electron chi connectivity index (χ3n) is 3.92. The van der Waals surface area contributed by atoms with Gasteiger partial charge in [-0.3, -0.25) is 0 Å². The van der Waals surface area contributed by atoms with Crippen LogP contribution >= 0.6 is 23.4 Å². The third kappa shape index (κ3) is 3.99. The Morgan fingerprint density at radius 2 is 1.96 bits per heavy atom. The highest BCUT2D eigenvalue weighted by molar-refractivity contribution is 7.97. The van der Waals surface area contributed by atoms with Crippen molar-refractivity contribution in [1.82, 2.24) is 9.97 Å². The first kappa shape index (κ1) is 19.4. The minimum atomic E-state index is -0.627. The Balaban J connectivity index is 2.32. The van der Waals surface area contributed by atoms with Crippen LogP contribution in [0.3, 0.4) is 0 Å². The summed E-state index contributed by atoms with van der Waals surface area (Å²) in [4.78, 5) is 8.22. The maximum absolute atomic E-state index is 14.8. The number of hydrogen-bond acceptors (Lipinski definition) is 5. The summed E-state index contributed by atoms with van der Waals surface area (Å²) < 4.78 is 33.7. The van der Waals surface area contributed by atoms with Gasteiger partial charge in [-0.15, -0.1) is 0 Å². The van der Waals surface area contributed by atoms with E-state index in [2.05, 4.69) is 9.97 Å². The summed E-state index contributed by atoms with van der Waals surface area (Å²) in [5.74, 6) is -0.164. The predicted molar refractivity (Wildman–Crippen MR) is 106 cm³/mol. The molecule has 0 aliphatic carbocycles. The number of ether oxygens (including phenoxy) is 1. The molecule has 27 heavy (non-hydrogen) atoms. The highest BCUT2D eigenvalue weighted by Gasteiger charge is 2.22. The van der Waals surface area contributed by atoms with E-state index < -0.39 is 11.6 Å². The second-order valence-electron chi connectivity index (χ2n) is 5.70. The van der Waals surface area contributed by atoms with Gasteiger partial charge in [-0.25, -0.2) is 18.7 Å². The highest BCUT2D eigenvalue weighted by atomic mass is 35.5. The van der Waals surface area contributed by atoms with E-state index in [4.69, 9.17) is 22.1 Å². The van der Waals surface area contributed by atoms with Crippen molar-refractivity contribution in [2.45, 2.75) is 5.75 Å². The standard InChI is InChI=1S/C19H16ClF2N3OS/c1-26-15-7-11(21)3-4-12(15)17-13(22)8-24-19(23)18(17)14-5-10(9-27-2)6-16(20)25-14/h3-8H,9H2,1-2H3,(H2,23,24). The number of aromatic nitrogens is 2. The van der Waals surface area contributed by atoms with E-state index in [9.17, 15) is 8.78 Å². The Bertz CT molecular complexity index is 1000. The normalized spacial score (nSPS) is 10.9. The molecule has 0 aliphatic rings. The highest BCUT2D eigenvalue weighted by Crippen LogP contribution is 2.41. The van der Waals surface area contributed by atoms with Gasteiger partial charge in [0, 0.05) is 22.9 Å². The topological polar surface area (TPSA) is 61.0 Å².